The molecule has 2 aliphatic heterocycles. The zero-order chi connectivity index (χ0) is 25.1. The summed E-state index contributed by atoms with van der Waals surface area (Å²) in [6, 6.07) is 1.75. The van der Waals surface area contributed by atoms with E-state index in [1.807, 2.05) is 13.0 Å². The zero-order valence-electron chi connectivity index (χ0n) is 20.2. The lowest BCUT2D eigenvalue weighted by Crippen LogP contribution is -2.56. The summed E-state index contributed by atoms with van der Waals surface area (Å²) >= 11 is 0. The monoisotopic (exact) mass is 500 g/mol. The number of carbonyl (C=O) groups is 1. The number of carbonyl (C=O) groups excluding carboxylic acids is 1. The van der Waals surface area contributed by atoms with Gasteiger partial charge in [-0.15, -0.1) is 0 Å². The summed E-state index contributed by atoms with van der Waals surface area (Å²) in [4.78, 5) is 31.3. The van der Waals surface area contributed by atoms with Crippen LogP contribution in [0.1, 0.15) is 33.4 Å². The number of hydrogen-bond acceptors (Lipinski definition) is 9. The predicted octanol–water partition coefficient (Wildman–Crippen LogP) is 2.24. The van der Waals surface area contributed by atoms with Crippen molar-refractivity contribution < 1.29 is 22.7 Å². The van der Waals surface area contributed by atoms with Crippen molar-refractivity contribution in [3.05, 3.63) is 24.2 Å². The molecule has 11 nitrogen and oxygen atoms in total. The molecule has 2 N–H and O–H groups in total. The van der Waals surface area contributed by atoms with Gasteiger partial charge < -0.3 is 24.7 Å². The van der Waals surface area contributed by atoms with Crippen LogP contribution in [0.3, 0.4) is 0 Å². The Kier molecular flexibility index (Phi) is 5.48. The predicted molar refractivity (Wildman–Crippen MR) is 131 cm³/mol. The largest absolute Gasteiger partial charge is 0.486 e. The van der Waals surface area contributed by atoms with Gasteiger partial charge in [-0.3, -0.25) is 4.79 Å². The lowest BCUT2D eigenvalue weighted by Gasteiger charge is -2.45. The maximum atomic E-state index is 12.9. The third-order valence-electron chi connectivity index (χ3n) is 6.67. The average molecular weight is 501 g/mol. The molecule has 3 aromatic rings. The Labute approximate surface area is 203 Å². The normalized spacial score (nSPS) is 20.2. The molecule has 1 unspecified atom stereocenters. The van der Waals surface area contributed by atoms with E-state index in [0.29, 0.717) is 53.7 Å². The summed E-state index contributed by atoms with van der Waals surface area (Å²) in [6.45, 7) is 7.98. The number of nitrogens with zero attached hydrogens (tertiary/aromatic N) is 4. The summed E-state index contributed by atoms with van der Waals surface area (Å²) in [5, 5.41) is 3.51. The van der Waals surface area contributed by atoms with Gasteiger partial charge in [-0.25, -0.2) is 23.4 Å². The molecule has 2 atom stereocenters. The SMILES string of the molecule is CC(=O)Nc1cnc2[nH]ccc2c1-c1nc2c(c(C(C)(C)S(C)(=O)=O)n1)OCC1COC[C@@H](C)N21. The number of nitrogens with one attached hydrogen (secondary N) is 2. The summed E-state index contributed by atoms with van der Waals surface area (Å²) < 4.78 is 36.3. The van der Waals surface area contributed by atoms with E-state index in [1.165, 1.54) is 19.4 Å². The first kappa shape index (κ1) is 23.5. The Bertz CT molecular complexity index is 1430. The molecular weight excluding hydrogens is 472 g/mol. The molecule has 1 saturated heterocycles. The number of anilines is 2. The second-order valence-electron chi connectivity index (χ2n) is 9.56. The Morgan fingerprint density at radius 1 is 1.26 bits per heavy atom. The number of aromatic amines is 1. The molecule has 2 aliphatic rings. The van der Waals surface area contributed by atoms with Gasteiger partial charge in [0.1, 0.15) is 22.7 Å². The van der Waals surface area contributed by atoms with Crippen LogP contribution in [-0.2, 0) is 24.1 Å². The van der Waals surface area contributed by atoms with E-state index >= 15 is 0 Å². The number of aromatic nitrogens is 4. The van der Waals surface area contributed by atoms with Crippen LogP contribution >= 0.6 is 0 Å². The minimum Gasteiger partial charge on any atom is -0.486 e. The smallest absolute Gasteiger partial charge is 0.221 e. The van der Waals surface area contributed by atoms with Crippen LogP contribution < -0.4 is 15.0 Å². The molecule has 0 aliphatic carbocycles. The molecule has 0 spiro atoms. The van der Waals surface area contributed by atoms with Gasteiger partial charge in [0, 0.05) is 24.8 Å². The molecule has 0 aromatic carbocycles. The highest BCUT2D eigenvalue weighted by Gasteiger charge is 2.44. The highest BCUT2D eigenvalue weighted by atomic mass is 32.2. The van der Waals surface area contributed by atoms with Gasteiger partial charge in [-0.2, -0.15) is 0 Å². The van der Waals surface area contributed by atoms with E-state index < -0.39 is 14.6 Å². The van der Waals surface area contributed by atoms with Crippen molar-refractivity contribution in [3.8, 4) is 17.1 Å². The number of ether oxygens (including phenoxy) is 2. The van der Waals surface area contributed by atoms with Crippen molar-refractivity contribution in [2.45, 2.75) is 44.5 Å². The Balaban J connectivity index is 1.84. The molecule has 0 bridgehead atoms. The number of hydrogen-bond donors (Lipinski definition) is 2. The highest BCUT2D eigenvalue weighted by Crippen LogP contribution is 2.45. The number of sulfone groups is 1. The van der Waals surface area contributed by atoms with Crippen LogP contribution in [0.4, 0.5) is 11.5 Å². The minimum atomic E-state index is -3.59. The molecule has 0 saturated carbocycles. The van der Waals surface area contributed by atoms with Crippen molar-refractivity contribution >= 4 is 38.3 Å². The van der Waals surface area contributed by atoms with E-state index in [9.17, 15) is 13.2 Å². The van der Waals surface area contributed by atoms with Gasteiger partial charge in [-0.05, 0) is 26.8 Å². The van der Waals surface area contributed by atoms with E-state index in [0.717, 1.165) is 0 Å². The zero-order valence-corrected chi connectivity index (χ0v) is 21.1. The Morgan fingerprint density at radius 2 is 2.03 bits per heavy atom. The van der Waals surface area contributed by atoms with Crippen molar-refractivity contribution in [2.75, 3.05) is 36.3 Å². The number of morpholine rings is 1. The molecule has 1 amide bonds. The minimum absolute atomic E-state index is 0.00659. The van der Waals surface area contributed by atoms with Gasteiger partial charge >= 0.3 is 0 Å². The van der Waals surface area contributed by atoms with Crippen LogP contribution in [0.2, 0.25) is 0 Å². The summed E-state index contributed by atoms with van der Waals surface area (Å²) in [6.07, 6.45) is 4.46. The van der Waals surface area contributed by atoms with Crippen molar-refractivity contribution in [1.82, 2.24) is 19.9 Å². The topological polar surface area (TPSA) is 139 Å². The second kappa shape index (κ2) is 8.16. The van der Waals surface area contributed by atoms with Crippen LogP contribution in [0, 0.1) is 0 Å². The first-order valence-electron chi connectivity index (χ1n) is 11.3. The first-order valence-corrected chi connectivity index (χ1v) is 13.2. The summed E-state index contributed by atoms with van der Waals surface area (Å²) in [7, 11) is -3.59. The van der Waals surface area contributed by atoms with Gasteiger partial charge in [-0.1, -0.05) is 0 Å². The fourth-order valence-electron chi connectivity index (χ4n) is 4.56. The number of fused-ring (bicyclic) bond motifs is 4. The molecular formula is C23H28N6O5S. The van der Waals surface area contributed by atoms with Gasteiger partial charge in [0.25, 0.3) is 0 Å². The number of H-pyrrole nitrogens is 1. The van der Waals surface area contributed by atoms with Crippen LogP contribution in [-0.4, -0.2) is 72.4 Å². The highest BCUT2D eigenvalue weighted by molar-refractivity contribution is 7.91. The Hall–Kier alpha value is -3.25. The van der Waals surface area contributed by atoms with Crippen molar-refractivity contribution in [1.29, 1.82) is 0 Å². The fourth-order valence-corrected chi connectivity index (χ4v) is 5.05. The summed E-state index contributed by atoms with van der Waals surface area (Å²) in [5.74, 6) is 0.870. The molecule has 186 valence electrons. The maximum Gasteiger partial charge on any atom is 0.221 e. The van der Waals surface area contributed by atoms with Gasteiger partial charge in [0.2, 0.25) is 5.91 Å². The molecule has 5 rings (SSSR count). The van der Waals surface area contributed by atoms with Crippen molar-refractivity contribution in [2.24, 2.45) is 0 Å². The van der Waals surface area contributed by atoms with E-state index in [-0.39, 0.29) is 29.5 Å². The lowest BCUT2D eigenvalue weighted by molar-refractivity contribution is -0.114. The van der Waals surface area contributed by atoms with E-state index in [1.54, 1.807) is 20.0 Å². The second-order valence-corrected chi connectivity index (χ2v) is 12.1. The number of rotatable bonds is 4. The standard InChI is InChI=1S/C23H28N6O5S/c1-12-9-33-10-14-11-34-18-19(23(3,4)35(5,31)32)27-21(28-22(18)29(12)14)17-15-6-7-24-20(15)25-8-16(17)26-13(2)30/h6-8,12,14H,9-11H2,1-5H3,(H,24,25)(H,26,30)/t12-,14?/m1/s1. The quantitative estimate of drug-likeness (QED) is 0.552. The third-order valence-corrected chi connectivity index (χ3v) is 8.72. The fraction of sp³-hybridized carbons (Fsp3) is 0.478. The molecule has 3 aromatic heterocycles. The first-order chi connectivity index (χ1) is 16.5. The molecule has 12 heteroatoms. The third kappa shape index (κ3) is 3.80. The Morgan fingerprint density at radius 3 is 2.74 bits per heavy atom. The van der Waals surface area contributed by atoms with Crippen LogP contribution in [0.15, 0.2) is 18.5 Å². The van der Waals surface area contributed by atoms with Crippen LogP contribution in [0.25, 0.3) is 22.4 Å². The van der Waals surface area contributed by atoms with E-state index in [4.69, 9.17) is 19.4 Å². The molecule has 5 heterocycles. The van der Waals surface area contributed by atoms with E-state index in [2.05, 4.69) is 20.2 Å². The summed E-state index contributed by atoms with van der Waals surface area (Å²) in [5.41, 5.74) is 1.83. The molecule has 35 heavy (non-hydrogen) atoms. The lowest BCUT2D eigenvalue weighted by atomic mass is 10.0. The molecule has 1 fully saturated rings. The van der Waals surface area contributed by atoms with Gasteiger partial charge in [0.15, 0.2) is 27.2 Å². The van der Waals surface area contributed by atoms with Crippen molar-refractivity contribution in [3.63, 3.8) is 0 Å². The maximum absolute atomic E-state index is 12.9. The number of pyridine rings is 1. The number of amides is 1. The molecule has 0 radical (unpaired) electrons. The van der Waals surface area contributed by atoms with Crippen LogP contribution in [0.5, 0.6) is 5.75 Å². The average Bonchev–Trinajstić information content (AvgIpc) is 3.25. The van der Waals surface area contributed by atoms with Gasteiger partial charge in [0.05, 0.1) is 42.7 Å².